The smallest absolute Gasteiger partial charge is 0.303 e. The van der Waals surface area contributed by atoms with E-state index in [1.54, 1.807) is 19.2 Å². The molecule has 0 aliphatic carbocycles. The van der Waals surface area contributed by atoms with Crippen molar-refractivity contribution in [1.29, 1.82) is 0 Å². The molecule has 4 nitrogen and oxygen atoms in total. The first kappa shape index (κ1) is 17.3. The number of halogens is 1. The van der Waals surface area contributed by atoms with Crippen LogP contribution in [0.2, 0.25) is 0 Å². The van der Waals surface area contributed by atoms with E-state index in [1.807, 2.05) is 32.0 Å². The van der Waals surface area contributed by atoms with Crippen LogP contribution in [0.1, 0.15) is 44.0 Å². The first-order chi connectivity index (χ1) is 11.8. The summed E-state index contributed by atoms with van der Waals surface area (Å²) >= 11 is 0. The molecule has 2 aromatic carbocycles. The van der Waals surface area contributed by atoms with Gasteiger partial charge in [-0.05, 0) is 35.9 Å². The fourth-order valence-corrected chi connectivity index (χ4v) is 3.46. The maximum absolute atomic E-state index is 13.3. The Hall–Kier alpha value is -2.56. The lowest BCUT2D eigenvalue weighted by Crippen LogP contribution is -2.40. The Morgan fingerprint density at radius 2 is 1.84 bits per heavy atom. The molecule has 2 atom stereocenters. The number of esters is 1. The second-order valence-corrected chi connectivity index (χ2v) is 6.89. The Bertz CT molecular complexity index is 786. The summed E-state index contributed by atoms with van der Waals surface area (Å²) in [5.74, 6) is 0.0828. The van der Waals surface area contributed by atoms with Crippen LogP contribution >= 0.6 is 0 Å². The highest BCUT2D eigenvalue weighted by atomic mass is 19.1. The van der Waals surface area contributed by atoms with E-state index in [9.17, 15) is 9.18 Å². The lowest BCUT2D eigenvalue weighted by atomic mass is 9.70. The molecule has 0 spiro atoms. The minimum absolute atomic E-state index is 0.140. The Labute approximate surface area is 147 Å². The average molecular weight is 343 g/mol. The second-order valence-electron chi connectivity index (χ2n) is 6.89. The van der Waals surface area contributed by atoms with Crippen LogP contribution in [0.3, 0.4) is 0 Å². The highest BCUT2D eigenvalue weighted by Gasteiger charge is 2.46. The first-order valence-corrected chi connectivity index (χ1v) is 8.20. The Morgan fingerprint density at radius 1 is 1.16 bits per heavy atom. The zero-order valence-corrected chi connectivity index (χ0v) is 14.8. The van der Waals surface area contributed by atoms with E-state index in [-0.39, 0.29) is 17.8 Å². The van der Waals surface area contributed by atoms with Gasteiger partial charge in [-0.1, -0.05) is 26.0 Å². The van der Waals surface area contributed by atoms with Gasteiger partial charge in [0.05, 0.1) is 13.2 Å². The minimum Gasteiger partial charge on any atom is -0.497 e. The quantitative estimate of drug-likeness (QED) is 0.826. The molecule has 1 heterocycles. The molecular formula is C20H22FNO3. The molecule has 1 N–H and O–H groups in total. The molecule has 25 heavy (non-hydrogen) atoms. The topological polar surface area (TPSA) is 47.6 Å². The van der Waals surface area contributed by atoms with Gasteiger partial charge in [-0.25, -0.2) is 4.39 Å². The Morgan fingerprint density at radius 3 is 2.44 bits per heavy atom. The summed E-state index contributed by atoms with van der Waals surface area (Å²) in [6, 6.07) is 11.9. The van der Waals surface area contributed by atoms with E-state index in [0.29, 0.717) is 5.75 Å². The van der Waals surface area contributed by atoms with Crippen LogP contribution in [0.15, 0.2) is 42.5 Å². The van der Waals surface area contributed by atoms with Crippen LogP contribution in [-0.4, -0.2) is 13.1 Å². The highest BCUT2D eigenvalue weighted by molar-refractivity contribution is 5.68. The monoisotopic (exact) mass is 343 g/mol. The fraction of sp³-hybridized carbons (Fsp3) is 0.350. The number of benzene rings is 2. The number of methoxy groups -OCH3 is 1. The third kappa shape index (κ3) is 3.18. The van der Waals surface area contributed by atoms with Gasteiger partial charge in [-0.15, -0.1) is 0 Å². The molecule has 0 bridgehead atoms. The predicted molar refractivity (Wildman–Crippen MR) is 94.0 cm³/mol. The molecule has 0 aromatic heterocycles. The van der Waals surface area contributed by atoms with Gasteiger partial charge in [-0.3, -0.25) is 4.79 Å². The summed E-state index contributed by atoms with van der Waals surface area (Å²) in [6.45, 7) is 5.47. The minimum atomic E-state index is -0.455. The summed E-state index contributed by atoms with van der Waals surface area (Å²) in [6.07, 6.45) is -0.452. The number of hydrogen-bond donors (Lipinski definition) is 1. The molecule has 2 aromatic rings. The van der Waals surface area contributed by atoms with E-state index in [0.717, 1.165) is 16.8 Å². The number of carbonyl (C=O) groups excluding carboxylic acids is 1. The average Bonchev–Trinajstić information content (AvgIpc) is 2.57. The van der Waals surface area contributed by atoms with Gasteiger partial charge >= 0.3 is 5.97 Å². The molecule has 0 amide bonds. The van der Waals surface area contributed by atoms with Gasteiger partial charge in [0.15, 0.2) is 0 Å². The molecule has 5 heteroatoms. The number of carbonyl (C=O) groups is 1. The lowest BCUT2D eigenvalue weighted by Gasteiger charge is -2.46. The normalized spacial score (nSPS) is 21.0. The van der Waals surface area contributed by atoms with Gasteiger partial charge in [0.2, 0.25) is 0 Å². The number of fused-ring (bicyclic) bond motifs is 1. The molecule has 0 radical (unpaired) electrons. The van der Waals surface area contributed by atoms with Gasteiger partial charge < -0.3 is 14.8 Å². The van der Waals surface area contributed by atoms with Crippen molar-refractivity contribution in [3.05, 3.63) is 59.4 Å². The van der Waals surface area contributed by atoms with E-state index < -0.39 is 11.5 Å². The Balaban J connectivity index is 2.11. The van der Waals surface area contributed by atoms with Gasteiger partial charge in [0, 0.05) is 23.6 Å². The molecule has 2 unspecified atom stereocenters. The van der Waals surface area contributed by atoms with Crippen molar-refractivity contribution in [3.63, 3.8) is 0 Å². The highest BCUT2D eigenvalue weighted by Crippen LogP contribution is 2.53. The van der Waals surface area contributed by atoms with Crippen molar-refractivity contribution in [2.24, 2.45) is 5.41 Å². The third-order valence-corrected chi connectivity index (χ3v) is 4.75. The van der Waals surface area contributed by atoms with Gasteiger partial charge in [-0.2, -0.15) is 0 Å². The molecule has 1 aliphatic rings. The number of ether oxygens (including phenoxy) is 2. The summed E-state index contributed by atoms with van der Waals surface area (Å²) in [4.78, 5) is 11.7. The largest absolute Gasteiger partial charge is 0.497 e. The second kappa shape index (κ2) is 6.39. The van der Waals surface area contributed by atoms with Gasteiger partial charge in [0.25, 0.3) is 0 Å². The zero-order chi connectivity index (χ0) is 18.2. The van der Waals surface area contributed by atoms with Crippen LogP contribution in [0.25, 0.3) is 0 Å². The third-order valence-electron chi connectivity index (χ3n) is 4.75. The molecule has 0 saturated heterocycles. The SMILES string of the molecule is COc1ccc2c(c1)C(OC(C)=O)C(C)(C)C(c1ccc(F)cc1)N2. The van der Waals surface area contributed by atoms with E-state index in [1.165, 1.54) is 19.1 Å². The number of hydrogen-bond acceptors (Lipinski definition) is 4. The molecule has 3 rings (SSSR count). The first-order valence-electron chi connectivity index (χ1n) is 8.20. The summed E-state index contributed by atoms with van der Waals surface area (Å²) in [5, 5.41) is 3.51. The summed E-state index contributed by atoms with van der Waals surface area (Å²) in [7, 11) is 1.60. The van der Waals surface area contributed by atoms with Crippen LogP contribution in [0.5, 0.6) is 5.75 Å². The molecule has 0 saturated carbocycles. The molecular weight excluding hydrogens is 321 g/mol. The van der Waals surface area contributed by atoms with Crippen LogP contribution in [0.4, 0.5) is 10.1 Å². The molecule has 1 aliphatic heterocycles. The van der Waals surface area contributed by atoms with Crippen molar-refractivity contribution in [3.8, 4) is 5.75 Å². The van der Waals surface area contributed by atoms with E-state index in [2.05, 4.69) is 5.32 Å². The standard InChI is InChI=1S/C20H22FNO3/c1-12(23)25-19-16-11-15(24-4)9-10-17(16)22-18(20(19,2)3)13-5-7-14(21)8-6-13/h5-11,18-19,22H,1-4H3. The number of anilines is 1. The number of rotatable bonds is 3. The van der Waals surface area contributed by atoms with Crippen molar-refractivity contribution in [1.82, 2.24) is 0 Å². The van der Waals surface area contributed by atoms with E-state index >= 15 is 0 Å². The maximum Gasteiger partial charge on any atom is 0.303 e. The predicted octanol–water partition coefficient (Wildman–Crippen LogP) is 4.63. The molecule has 132 valence electrons. The van der Waals surface area contributed by atoms with Crippen molar-refractivity contribution in [2.75, 3.05) is 12.4 Å². The van der Waals surface area contributed by atoms with Gasteiger partial charge in [0.1, 0.15) is 17.7 Å². The number of nitrogens with one attached hydrogen (secondary N) is 1. The van der Waals surface area contributed by atoms with E-state index in [4.69, 9.17) is 9.47 Å². The van der Waals surface area contributed by atoms with Crippen molar-refractivity contribution >= 4 is 11.7 Å². The van der Waals surface area contributed by atoms with Crippen LogP contribution in [-0.2, 0) is 9.53 Å². The van der Waals surface area contributed by atoms with Crippen LogP contribution in [0, 0.1) is 11.2 Å². The lowest BCUT2D eigenvalue weighted by molar-refractivity contribution is -0.154. The molecule has 0 fully saturated rings. The summed E-state index contributed by atoms with van der Waals surface area (Å²) in [5.41, 5.74) is 2.23. The van der Waals surface area contributed by atoms with Crippen LogP contribution < -0.4 is 10.1 Å². The zero-order valence-electron chi connectivity index (χ0n) is 14.8. The summed E-state index contributed by atoms with van der Waals surface area (Å²) < 4.78 is 24.3. The Kier molecular flexibility index (Phi) is 4.41. The van der Waals surface area contributed by atoms with Crippen molar-refractivity contribution in [2.45, 2.75) is 32.9 Å². The maximum atomic E-state index is 13.3. The van der Waals surface area contributed by atoms with Crippen molar-refractivity contribution < 1.29 is 18.7 Å². The fourth-order valence-electron chi connectivity index (χ4n) is 3.46.